The maximum atomic E-state index is 11.6. The van der Waals surface area contributed by atoms with Crippen LogP contribution in [0.3, 0.4) is 0 Å². The summed E-state index contributed by atoms with van der Waals surface area (Å²) in [5.74, 6) is 0.607. The lowest BCUT2D eigenvalue weighted by Gasteiger charge is -2.05. The molecule has 0 radical (unpaired) electrons. The average Bonchev–Trinajstić information content (AvgIpc) is 2.51. The summed E-state index contributed by atoms with van der Waals surface area (Å²) in [5, 5.41) is 1.20. The van der Waals surface area contributed by atoms with E-state index >= 15 is 0 Å². The van der Waals surface area contributed by atoms with Gasteiger partial charge in [0.2, 0.25) is 9.84 Å². The molecule has 1 heterocycles. The van der Waals surface area contributed by atoms with Crippen molar-refractivity contribution in [1.29, 1.82) is 0 Å². The third kappa shape index (κ3) is 2.95. The normalized spacial score (nSPS) is 17.5. The topological polar surface area (TPSA) is 55.7 Å². The summed E-state index contributed by atoms with van der Waals surface area (Å²) in [6.07, 6.45) is 0. The summed E-state index contributed by atoms with van der Waals surface area (Å²) in [6, 6.07) is 7.16. The Hall–Kier alpha value is -1.14. The zero-order valence-corrected chi connectivity index (χ0v) is 11.5. The molecule has 90 valence electrons. The minimum atomic E-state index is -3.36. The molecule has 4 nitrogen and oxygen atoms in total. The quantitative estimate of drug-likeness (QED) is 0.861. The van der Waals surface area contributed by atoms with Crippen molar-refractivity contribution in [3.8, 4) is 5.75 Å². The van der Waals surface area contributed by atoms with Gasteiger partial charge in [0, 0.05) is 4.47 Å². The van der Waals surface area contributed by atoms with Crippen molar-refractivity contribution in [2.75, 3.05) is 6.61 Å². The molecule has 1 aromatic carbocycles. The van der Waals surface area contributed by atoms with Crippen molar-refractivity contribution in [2.45, 2.75) is 6.92 Å². The molecule has 1 aliphatic heterocycles. The van der Waals surface area contributed by atoms with Crippen LogP contribution in [-0.4, -0.2) is 20.1 Å². The number of aliphatic imine (C=N–C) groups is 1. The van der Waals surface area contributed by atoms with Gasteiger partial charge in [-0.2, -0.15) is 0 Å². The average molecular weight is 316 g/mol. The van der Waals surface area contributed by atoms with Crippen molar-refractivity contribution in [1.82, 2.24) is 0 Å². The maximum Gasteiger partial charge on any atom is 0.218 e. The Balaban J connectivity index is 2.05. The van der Waals surface area contributed by atoms with Crippen LogP contribution in [0.4, 0.5) is 0 Å². The molecule has 0 aliphatic carbocycles. The Morgan fingerprint density at radius 1 is 1.29 bits per heavy atom. The van der Waals surface area contributed by atoms with Crippen LogP contribution in [0.5, 0.6) is 5.75 Å². The lowest BCUT2D eigenvalue weighted by molar-refractivity contribution is 0.378. The van der Waals surface area contributed by atoms with Gasteiger partial charge in [-0.3, -0.25) is 0 Å². The summed E-state index contributed by atoms with van der Waals surface area (Å²) in [6.45, 7) is 1.60. The second kappa shape index (κ2) is 4.62. The molecule has 0 saturated carbocycles. The Bertz CT molecular complexity index is 588. The third-order valence-corrected chi connectivity index (χ3v) is 4.18. The largest absolute Gasteiger partial charge is 0.487 e. The minimum Gasteiger partial charge on any atom is -0.487 e. The molecule has 0 spiro atoms. The molecule has 0 bridgehead atoms. The molecule has 0 N–H and O–H groups in total. The maximum absolute atomic E-state index is 11.6. The summed E-state index contributed by atoms with van der Waals surface area (Å²) in [5.41, 5.74) is 0.486. The van der Waals surface area contributed by atoms with Gasteiger partial charge in [0.1, 0.15) is 12.4 Å². The molecule has 2 rings (SSSR count). The lowest BCUT2D eigenvalue weighted by Crippen LogP contribution is -2.17. The first-order valence-electron chi connectivity index (χ1n) is 4.87. The highest BCUT2D eigenvalue weighted by Gasteiger charge is 2.23. The van der Waals surface area contributed by atoms with E-state index in [9.17, 15) is 8.42 Å². The minimum absolute atomic E-state index is 0.0438. The fourth-order valence-corrected chi connectivity index (χ4v) is 2.77. The Labute approximate surface area is 108 Å². The summed E-state index contributed by atoms with van der Waals surface area (Å²) in [7, 11) is -3.36. The van der Waals surface area contributed by atoms with Crippen molar-refractivity contribution in [2.24, 2.45) is 4.99 Å². The molecule has 0 saturated heterocycles. The smallest absolute Gasteiger partial charge is 0.218 e. The highest BCUT2D eigenvalue weighted by Crippen LogP contribution is 2.18. The predicted molar refractivity (Wildman–Crippen MR) is 69.7 cm³/mol. The number of allylic oxidation sites excluding steroid dienone is 1. The van der Waals surface area contributed by atoms with E-state index in [4.69, 9.17) is 4.74 Å². The molecule has 17 heavy (non-hydrogen) atoms. The first-order valence-corrected chi connectivity index (χ1v) is 7.21. The van der Waals surface area contributed by atoms with Crippen LogP contribution in [0.1, 0.15) is 6.92 Å². The number of hydrogen-bond donors (Lipinski definition) is 0. The standard InChI is InChI=1S/C11H10BrNO3S/c1-8-7-17(14,15)11(13-8)6-16-10-4-2-9(12)3-5-10/h2-5,7H,6H2,1H3. The Morgan fingerprint density at radius 3 is 2.47 bits per heavy atom. The van der Waals surface area contributed by atoms with Crippen molar-refractivity contribution in [3.63, 3.8) is 0 Å². The van der Waals surface area contributed by atoms with Gasteiger partial charge in [0.15, 0.2) is 5.04 Å². The van der Waals surface area contributed by atoms with E-state index in [1.807, 2.05) is 12.1 Å². The SMILES string of the molecule is CC1=CS(=O)(=O)C(COc2ccc(Br)cc2)=N1. The monoisotopic (exact) mass is 315 g/mol. The first kappa shape index (κ1) is 12.3. The van der Waals surface area contributed by atoms with Crippen molar-refractivity contribution < 1.29 is 13.2 Å². The van der Waals surface area contributed by atoms with Gasteiger partial charge in [-0.1, -0.05) is 15.9 Å². The molecule has 0 atom stereocenters. The van der Waals surface area contributed by atoms with E-state index in [1.54, 1.807) is 19.1 Å². The van der Waals surface area contributed by atoms with Crippen LogP contribution in [0.15, 0.2) is 44.8 Å². The number of rotatable bonds is 3. The van der Waals surface area contributed by atoms with E-state index < -0.39 is 9.84 Å². The predicted octanol–water partition coefficient (Wildman–Crippen LogP) is 2.52. The molecule has 0 unspecified atom stereocenters. The molecular weight excluding hydrogens is 306 g/mol. The third-order valence-electron chi connectivity index (χ3n) is 2.13. The molecular formula is C11H10BrNO3S. The molecule has 0 aromatic heterocycles. The second-order valence-electron chi connectivity index (χ2n) is 3.55. The molecule has 0 amide bonds. The molecule has 0 fully saturated rings. The molecule has 1 aliphatic rings. The highest BCUT2D eigenvalue weighted by atomic mass is 79.9. The van der Waals surface area contributed by atoms with Gasteiger partial charge >= 0.3 is 0 Å². The number of nitrogens with zero attached hydrogens (tertiary/aromatic N) is 1. The summed E-state index contributed by atoms with van der Waals surface area (Å²) in [4.78, 5) is 3.93. The van der Waals surface area contributed by atoms with Crippen LogP contribution in [-0.2, 0) is 9.84 Å². The van der Waals surface area contributed by atoms with Crippen LogP contribution in [0.2, 0.25) is 0 Å². The van der Waals surface area contributed by atoms with Crippen LogP contribution >= 0.6 is 15.9 Å². The first-order chi connectivity index (χ1) is 7.97. The second-order valence-corrected chi connectivity index (χ2v) is 6.27. The Kier molecular flexibility index (Phi) is 3.35. The van der Waals surface area contributed by atoms with Gasteiger partial charge < -0.3 is 4.74 Å². The van der Waals surface area contributed by atoms with Gasteiger partial charge in [-0.25, -0.2) is 13.4 Å². The van der Waals surface area contributed by atoms with Gasteiger partial charge in [0.05, 0.1) is 11.1 Å². The number of halogens is 1. The number of hydrogen-bond acceptors (Lipinski definition) is 4. The van der Waals surface area contributed by atoms with Gasteiger partial charge in [-0.15, -0.1) is 0 Å². The van der Waals surface area contributed by atoms with Crippen molar-refractivity contribution in [3.05, 3.63) is 39.8 Å². The molecule has 1 aromatic rings. The van der Waals surface area contributed by atoms with E-state index in [1.165, 1.54) is 0 Å². The van der Waals surface area contributed by atoms with Crippen molar-refractivity contribution >= 4 is 30.8 Å². The summed E-state index contributed by atoms with van der Waals surface area (Å²) >= 11 is 3.31. The van der Waals surface area contributed by atoms with E-state index in [-0.39, 0.29) is 11.7 Å². The van der Waals surface area contributed by atoms with Gasteiger partial charge in [0.25, 0.3) is 0 Å². The van der Waals surface area contributed by atoms with E-state index in [0.29, 0.717) is 11.4 Å². The number of ether oxygens (including phenoxy) is 1. The van der Waals surface area contributed by atoms with E-state index in [0.717, 1.165) is 9.88 Å². The van der Waals surface area contributed by atoms with Crippen LogP contribution < -0.4 is 4.74 Å². The zero-order valence-electron chi connectivity index (χ0n) is 9.05. The highest BCUT2D eigenvalue weighted by molar-refractivity contribution is 9.10. The Morgan fingerprint density at radius 2 is 1.94 bits per heavy atom. The summed E-state index contributed by atoms with van der Waals surface area (Å²) < 4.78 is 29.4. The fourth-order valence-electron chi connectivity index (χ4n) is 1.37. The van der Waals surface area contributed by atoms with Crippen LogP contribution in [0, 0.1) is 0 Å². The number of sulfone groups is 1. The zero-order chi connectivity index (χ0) is 12.5. The van der Waals surface area contributed by atoms with E-state index in [2.05, 4.69) is 20.9 Å². The lowest BCUT2D eigenvalue weighted by atomic mass is 10.3. The fraction of sp³-hybridized carbons (Fsp3) is 0.182. The van der Waals surface area contributed by atoms with Gasteiger partial charge in [-0.05, 0) is 31.2 Å². The molecule has 6 heteroatoms. The number of benzene rings is 1. The van der Waals surface area contributed by atoms with Crippen LogP contribution in [0.25, 0.3) is 0 Å².